The van der Waals surface area contributed by atoms with Gasteiger partial charge in [-0.3, -0.25) is 0 Å². The molecule has 2 fully saturated rings. The van der Waals surface area contributed by atoms with Gasteiger partial charge in [-0.2, -0.15) is 0 Å². The van der Waals surface area contributed by atoms with E-state index in [4.69, 9.17) is 0 Å². The first kappa shape index (κ1) is 6.05. The predicted molar refractivity (Wildman–Crippen MR) is 46.1 cm³/mol. The van der Waals surface area contributed by atoms with Crippen molar-refractivity contribution >= 4 is 0 Å². The summed E-state index contributed by atoms with van der Waals surface area (Å²) in [7, 11) is 0. The molecule has 58 valence electrons. The first-order valence-electron chi connectivity index (χ1n) is 4.75. The number of hydrogen-bond acceptors (Lipinski definition) is 0. The molecule has 3 aliphatic rings. The zero-order chi connectivity index (χ0) is 7.42. The van der Waals surface area contributed by atoms with Gasteiger partial charge in [0.15, 0.2) is 0 Å². The van der Waals surface area contributed by atoms with Crippen LogP contribution in [-0.2, 0) is 0 Å². The van der Waals surface area contributed by atoms with E-state index in [-0.39, 0.29) is 0 Å². The van der Waals surface area contributed by atoms with E-state index >= 15 is 0 Å². The Labute approximate surface area is 68.0 Å². The van der Waals surface area contributed by atoms with E-state index < -0.39 is 0 Å². The van der Waals surface area contributed by atoms with Crippen LogP contribution in [-0.4, -0.2) is 0 Å². The molecule has 0 N–H and O–H groups in total. The lowest BCUT2D eigenvalue weighted by Crippen LogP contribution is -2.12. The molecule has 0 heteroatoms. The second-order valence-corrected chi connectivity index (χ2v) is 4.27. The monoisotopic (exact) mass is 146 g/mol. The van der Waals surface area contributed by atoms with Crippen LogP contribution in [0.4, 0.5) is 0 Å². The third kappa shape index (κ3) is 0.571. The fourth-order valence-corrected chi connectivity index (χ4v) is 3.45. The van der Waals surface area contributed by atoms with Crippen molar-refractivity contribution in [3.63, 3.8) is 0 Å². The zero-order valence-electron chi connectivity index (χ0n) is 6.79. The van der Waals surface area contributed by atoms with Crippen molar-refractivity contribution in [2.45, 2.75) is 19.3 Å². The van der Waals surface area contributed by atoms with E-state index in [1.165, 1.54) is 24.8 Å². The molecule has 0 aromatic carbocycles. The Balaban J connectivity index is 2.05. The summed E-state index contributed by atoms with van der Waals surface area (Å²) in [5.41, 5.74) is 1.53. The highest BCUT2D eigenvalue weighted by atomic mass is 14.5. The van der Waals surface area contributed by atoms with Gasteiger partial charge in [0.25, 0.3) is 0 Å². The van der Waals surface area contributed by atoms with E-state index in [2.05, 4.69) is 18.7 Å². The molecule has 0 amide bonds. The Morgan fingerprint density at radius 2 is 1.64 bits per heavy atom. The van der Waals surface area contributed by atoms with E-state index in [9.17, 15) is 0 Å². The van der Waals surface area contributed by atoms with Crippen LogP contribution in [0.2, 0.25) is 0 Å². The van der Waals surface area contributed by atoms with Crippen LogP contribution < -0.4 is 0 Å². The average molecular weight is 146 g/mol. The normalized spacial score (nSPS) is 52.2. The van der Waals surface area contributed by atoms with Crippen molar-refractivity contribution in [3.05, 3.63) is 24.3 Å². The summed E-state index contributed by atoms with van der Waals surface area (Å²) >= 11 is 0. The molecule has 0 radical (unpaired) electrons. The minimum Gasteiger partial charge on any atom is -0.0986 e. The maximum atomic E-state index is 4.20. The van der Waals surface area contributed by atoms with Crippen LogP contribution in [0.1, 0.15) is 19.3 Å². The van der Waals surface area contributed by atoms with Gasteiger partial charge in [0.1, 0.15) is 0 Å². The van der Waals surface area contributed by atoms with Gasteiger partial charge >= 0.3 is 0 Å². The number of fused-ring (bicyclic) bond motifs is 5. The first-order chi connectivity index (χ1) is 5.38. The fourth-order valence-electron chi connectivity index (χ4n) is 3.45. The molecule has 11 heavy (non-hydrogen) atoms. The van der Waals surface area contributed by atoms with Gasteiger partial charge in [-0.15, -0.1) is 0 Å². The van der Waals surface area contributed by atoms with Gasteiger partial charge in [0.05, 0.1) is 0 Å². The van der Waals surface area contributed by atoms with Crippen molar-refractivity contribution in [1.29, 1.82) is 0 Å². The molecule has 0 aromatic heterocycles. The second kappa shape index (κ2) is 1.80. The summed E-state index contributed by atoms with van der Waals surface area (Å²) < 4.78 is 0. The third-order valence-electron chi connectivity index (χ3n) is 3.93. The summed E-state index contributed by atoms with van der Waals surface area (Å²) in [5.74, 6) is 3.56. The maximum Gasteiger partial charge on any atom is 0.00115 e. The van der Waals surface area contributed by atoms with Crippen molar-refractivity contribution in [3.8, 4) is 0 Å². The summed E-state index contributed by atoms with van der Waals surface area (Å²) in [6.45, 7) is 4.20. The topological polar surface area (TPSA) is 0 Å². The molecule has 0 aromatic rings. The Hall–Kier alpha value is -0.520. The van der Waals surface area contributed by atoms with Crippen LogP contribution in [0.15, 0.2) is 24.3 Å². The fraction of sp³-hybridized carbons (Fsp3) is 0.636. The molecule has 0 aliphatic heterocycles. The Bertz CT molecular complexity index is 214. The number of allylic oxidation sites excluding steroid dienone is 3. The lowest BCUT2D eigenvalue weighted by atomic mass is 9.86. The Kier molecular flexibility index (Phi) is 0.988. The maximum absolute atomic E-state index is 4.20. The van der Waals surface area contributed by atoms with Crippen molar-refractivity contribution < 1.29 is 0 Å². The van der Waals surface area contributed by atoms with Crippen LogP contribution in [0.3, 0.4) is 0 Å². The summed E-state index contributed by atoms with van der Waals surface area (Å²) in [4.78, 5) is 0. The Morgan fingerprint density at radius 3 is 2.18 bits per heavy atom. The number of rotatable bonds is 0. The van der Waals surface area contributed by atoms with E-state index in [0.29, 0.717) is 0 Å². The van der Waals surface area contributed by atoms with Gasteiger partial charge in [-0.25, -0.2) is 0 Å². The molecule has 4 atom stereocenters. The molecule has 0 heterocycles. The van der Waals surface area contributed by atoms with Crippen LogP contribution in [0.25, 0.3) is 0 Å². The molecule has 4 unspecified atom stereocenters. The first-order valence-corrected chi connectivity index (χ1v) is 4.75. The molecule has 0 saturated heterocycles. The molecule has 3 rings (SSSR count). The van der Waals surface area contributed by atoms with Crippen molar-refractivity contribution in [2.75, 3.05) is 0 Å². The van der Waals surface area contributed by atoms with Gasteiger partial charge in [-0.05, 0) is 24.7 Å². The quantitative estimate of drug-likeness (QED) is 0.461. The zero-order valence-corrected chi connectivity index (χ0v) is 6.79. The molecule has 0 spiro atoms. The van der Waals surface area contributed by atoms with Crippen LogP contribution in [0, 0.1) is 23.7 Å². The second-order valence-electron chi connectivity index (χ2n) is 4.27. The lowest BCUT2D eigenvalue weighted by molar-refractivity contribution is 0.364. The average Bonchev–Trinajstić information content (AvgIpc) is 2.61. The third-order valence-corrected chi connectivity index (χ3v) is 3.93. The largest absolute Gasteiger partial charge is 0.0986 e. The molecular formula is C11H14. The van der Waals surface area contributed by atoms with E-state index in [1.807, 2.05) is 0 Å². The van der Waals surface area contributed by atoms with E-state index in [0.717, 1.165) is 23.7 Å². The smallest absolute Gasteiger partial charge is 0.00115 e. The van der Waals surface area contributed by atoms with E-state index in [1.54, 1.807) is 0 Å². The lowest BCUT2D eigenvalue weighted by Gasteiger charge is -2.18. The minimum absolute atomic E-state index is 0.785. The van der Waals surface area contributed by atoms with Crippen molar-refractivity contribution in [2.24, 2.45) is 23.7 Å². The summed E-state index contributed by atoms with van der Waals surface area (Å²) in [6.07, 6.45) is 9.21. The highest BCUT2D eigenvalue weighted by molar-refractivity contribution is 5.34. The highest BCUT2D eigenvalue weighted by Crippen LogP contribution is 2.57. The summed E-state index contributed by atoms with van der Waals surface area (Å²) in [5, 5.41) is 0. The summed E-state index contributed by atoms with van der Waals surface area (Å²) in [6, 6.07) is 0. The minimum atomic E-state index is 0.785. The SMILES string of the molecule is C=C1C2C=CC1C1CCCC21. The molecule has 0 nitrogen and oxygen atoms in total. The molecule has 3 aliphatic carbocycles. The highest BCUT2D eigenvalue weighted by Gasteiger charge is 2.48. The number of hydrogen-bond donors (Lipinski definition) is 0. The molecule has 2 saturated carbocycles. The standard InChI is InChI=1S/C11H14/c1-7-8-5-6-9(7)11-4-2-3-10(8)11/h5-6,8-11H,1-4H2. The van der Waals surface area contributed by atoms with Crippen LogP contribution >= 0.6 is 0 Å². The van der Waals surface area contributed by atoms with Gasteiger partial charge in [-0.1, -0.05) is 30.7 Å². The van der Waals surface area contributed by atoms with Crippen LogP contribution in [0.5, 0.6) is 0 Å². The molecule has 2 bridgehead atoms. The van der Waals surface area contributed by atoms with Gasteiger partial charge in [0, 0.05) is 11.8 Å². The Morgan fingerprint density at radius 1 is 1.09 bits per heavy atom. The van der Waals surface area contributed by atoms with Gasteiger partial charge in [0.2, 0.25) is 0 Å². The molecular weight excluding hydrogens is 132 g/mol. The van der Waals surface area contributed by atoms with Crippen molar-refractivity contribution in [1.82, 2.24) is 0 Å². The van der Waals surface area contributed by atoms with Gasteiger partial charge < -0.3 is 0 Å². The predicted octanol–water partition coefficient (Wildman–Crippen LogP) is 2.77.